The van der Waals surface area contributed by atoms with Crippen molar-refractivity contribution in [3.8, 4) is 23.1 Å². The summed E-state index contributed by atoms with van der Waals surface area (Å²) in [5, 5.41) is 15.7. The molecule has 2 aromatic heterocycles. The Kier molecular flexibility index (Phi) is 5.04. The van der Waals surface area contributed by atoms with Gasteiger partial charge in [0, 0.05) is 36.3 Å². The predicted octanol–water partition coefficient (Wildman–Crippen LogP) is 2.95. The van der Waals surface area contributed by atoms with E-state index in [1.807, 2.05) is 48.9 Å². The van der Waals surface area contributed by atoms with Crippen LogP contribution >= 0.6 is 0 Å². The van der Waals surface area contributed by atoms with Crippen LogP contribution in [0, 0.1) is 11.3 Å². The highest BCUT2D eigenvalue weighted by Crippen LogP contribution is 2.30. The largest absolute Gasteiger partial charge is 0.470 e. The number of rotatable bonds is 6. The summed E-state index contributed by atoms with van der Waals surface area (Å²) in [6, 6.07) is 13.9. The fourth-order valence-corrected chi connectivity index (χ4v) is 3.11. The molecule has 3 N–H and O–H groups in total. The van der Waals surface area contributed by atoms with Crippen LogP contribution in [0.2, 0.25) is 0 Å². The van der Waals surface area contributed by atoms with Gasteiger partial charge in [-0.05, 0) is 42.8 Å². The lowest BCUT2D eigenvalue weighted by Gasteiger charge is -2.27. The molecule has 0 amide bonds. The standard InChI is InChI=1S/C21H21N5O/c22-10-16-3-1-15(2-4-16)5-7-24-13-19-14-25-20-9-18(12-26-21(20)27-19)17-6-8-23-11-17/h1-4,6,8-9,11-12,19,23-25H,5,7,13-14H2/t19-/m1/s1. The molecule has 1 atom stereocenters. The van der Waals surface area contributed by atoms with Gasteiger partial charge in [-0.15, -0.1) is 0 Å². The number of ether oxygens (including phenoxy) is 1. The maximum absolute atomic E-state index is 8.83. The SMILES string of the molecule is N#Cc1ccc(CCNC[C@@H]2CNc3cc(-c4cc[nH]c4)cnc3O2)cc1. The molecule has 6 heteroatoms. The highest BCUT2D eigenvalue weighted by molar-refractivity contribution is 5.69. The molecule has 3 heterocycles. The second-order valence-electron chi connectivity index (χ2n) is 6.56. The molecule has 0 saturated carbocycles. The van der Waals surface area contributed by atoms with Gasteiger partial charge in [0.15, 0.2) is 0 Å². The Hall–Kier alpha value is -3.30. The van der Waals surface area contributed by atoms with Crippen molar-refractivity contribution in [1.29, 1.82) is 5.26 Å². The normalized spacial score (nSPS) is 15.3. The number of hydrogen-bond acceptors (Lipinski definition) is 5. The molecule has 0 aliphatic carbocycles. The van der Waals surface area contributed by atoms with Gasteiger partial charge in [-0.2, -0.15) is 5.26 Å². The van der Waals surface area contributed by atoms with Crippen LogP contribution in [0.1, 0.15) is 11.1 Å². The molecule has 3 aromatic rings. The van der Waals surface area contributed by atoms with Gasteiger partial charge >= 0.3 is 0 Å². The Morgan fingerprint density at radius 3 is 2.89 bits per heavy atom. The van der Waals surface area contributed by atoms with Gasteiger partial charge in [-0.1, -0.05) is 12.1 Å². The fraction of sp³-hybridized carbons (Fsp3) is 0.238. The Labute approximate surface area is 158 Å². The van der Waals surface area contributed by atoms with Crippen LogP contribution in [0.4, 0.5) is 5.69 Å². The van der Waals surface area contributed by atoms with Crippen molar-refractivity contribution < 1.29 is 4.74 Å². The molecule has 1 aromatic carbocycles. The Morgan fingerprint density at radius 1 is 1.22 bits per heavy atom. The van der Waals surface area contributed by atoms with Crippen LogP contribution in [0.5, 0.6) is 5.88 Å². The van der Waals surface area contributed by atoms with Crippen molar-refractivity contribution in [3.63, 3.8) is 0 Å². The zero-order valence-electron chi connectivity index (χ0n) is 14.9. The summed E-state index contributed by atoms with van der Waals surface area (Å²) in [5.41, 5.74) is 5.01. The third-order valence-electron chi connectivity index (χ3n) is 4.63. The van der Waals surface area contributed by atoms with E-state index in [1.165, 1.54) is 5.56 Å². The number of pyridine rings is 1. The van der Waals surface area contributed by atoms with Crippen LogP contribution in [0.3, 0.4) is 0 Å². The van der Waals surface area contributed by atoms with Crippen molar-refractivity contribution in [2.75, 3.05) is 25.0 Å². The van der Waals surface area contributed by atoms with Gasteiger partial charge in [-0.3, -0.25) is 0 Å². The monoisotopic (exact) mass is 359 g/mol. The molecule has 0 bridgehead atoms. The molecule has 0 unspecified atom stereocenters. The molecule has 4 rings (SSSR count). The average molecular weight is 359 g/mol. The quantitative estimate of drug-likeness (QED) is 0.589. The second-order valence-corrected chi connectivity index (χ2v) is 6.56. The minimum atomic E-state index is 0.0454. The first-order valence-electron chi connectivity index (χ1n) is 9.05. The number of fused-ring (bicyclic) bond motifs is 1. The summed E-state index contributed by atoms with van der Waals surface area (Å²) in [4.78, 5) is 7.52. The number of aromatic amines is 1. The Bertz CT molecular complexity index is 928. The summed E-state index contributed by atoms with van der Waals surface area (Å²) in [6.07, 6.45) is 6.65. The number of H-pyrrole nitrogens is 1. The number of nitrogens with one attached hydrogen (secondary N) is 3. The first-order chi connectivity index (χ1) is 13.3. The van der Waals surface area contributed by atoms with Crippen LogP contribution < -0.4 is 15.4 Å². The van der Waals surface area contributed by atoms with Crippen molar-refractivity contribution in [1.82, 2.24) is 15.3 Å². The lowest BCUT2D eigenvalue weighted by molar-refractivity contribution is 0.194. The van der Waals surface area contributed by atoms with Crippen molar-refractivity contribution in [2.24, 2.45) is 0 Å². The van der Waals surface area contributed by atoms with E-state index in [2.05, 4.69) is 32.7 Å². The van der Waals surface area contributed by atoms with Crippen molar-refractivity contribution >= 4 is 5.69 Å². The number of benzene rings is 1. The molecule has 0 radical (unpaired) electrons. The van der Waals surface area contributed by atoms with Crippen LogP contribution in [-0.2, 0) is 6.42 Å². The summed E-state index contributed by atoms with van der Waals surface area (Å²) >= 11 is 0. The minimum Gasteiger partial charge on any atom is -0.470 e. The summed E-state index contributed by atoms with van der Waals surface area (Å²) < 4.78 is 6.01. The Morgan fingerprint density at radius 2 is 2.11 bits per heavy atom. The molecule has 0 fully saturated rings. The maximum atomic E-state index is 8.83. The van der Waals surface area contributed by atoms with Crippen LogP contribution in [0.25, 0.3) is 11.1 Å². The van der Waals surface area contributed by atoms with E-state index in [4.69, 9.17) is 10.00 Å². The van der Waals surface area contributed by atoms with Gasteiger partial charge in [0.25, 0.3) is 0 Å². The van der Waals surface area contributed by atoms with Crippen LogP contribution in [0.15, 0.2) is 55.0 Å². The summed E-state index contributed by atoms with van der Waals surface area (Å²) in [5.74, 6) is 0.652. The van der Waals surface area contributed by atoms with Gasteiger partial charge in [-0.25, -0.2) is 4.98 Å². The predicted molar refractivity (Wildman–Crippen MR) is 105 cm³/mol. The highest BCUT2D eigenvalue weighted by Gasteiger charge is 2.20. The van der Waals surface area contributed by atoms with Crippen molar-refractivity contribution in [2.45, 2.75) is 12.5 Å². The lowest BCUT2D eigenvalue weighted by Crippen LogP contribution is -2.40. The van der Waals surface area contributed by atoms with Gasteiger partial charge in [0.2, 0.25) is 5.88 Å². The molecule has 6 nitrogen and oxygen atoms in total. The molecular formula is C21H21N5O. The van der Waals surface area contributed by atoms with Gasteiger partial charge in [0.1, 0.15) is 6.10 Å². The van der Waals surface area contributed by atoms with E-state index in [9.17, 15) is 0 Å². The first kappa shape index (κ1) is 17.1. The van der Waals surface area contributed by atoms with Crippen molar-refractivity contribution in [3.05, 3.63) is 66.1 Å². The van der Waals surface area contributed by atoms with Gasteiger partial charge < -0.3 is 20.4 Å². The third kappa shape index (κ3) is 4.10. The summed E-state index contributed by atoms with van der Waals surface area (Å²) in [6.45, 7) is 2.36. The smallest absolute Gasteiger partial charge is 0.237 e. The topological polar surface area (TPSA) is 85.8 Å². The number of nitriles is 1. The average Bonchev–Trinajstić information content (AvgIpc) is 3.26. The van der Waals surface area contributed by atoms with Crippen LogP contribution in [-0.4, -0.2) is 35.7 Å². The molecule has 0 spiro atoms. The van der Waals surface area contributed by atoms with E-state index < -0.39 is 0 Å². The molecule has 1 aliphatic heterocycles. The second kappa shape index (κ2) is 7.94. The van der Waals surface area contributed by atoms with E-state index in [0.717, 1.165) is 42.9 Å². The van der Waals surface area contributed by atoms with E-state index >= 15 is 0 Å². The minimum absolute atomic E-state index is 0.0454. The fourth-order valence-electron chi connectivity index (χ4n) is 3.11. The van der Waals surface area contributed by atoms with E-state index in [0.29, 0.717) is 11.4 Å². The summed E-state index contributed by atoms with van der Waals surface area (Å²) in [7, 11) is 0. The lowest BCUT2D eigenvalue weighted by atomic mass is 10.1. The third-order valence-corrected chi connectivity index (χ3v) is 4.63. The Balaban J connectivity index is 1.26. The van der Waals surface area contributed by atoms with E-state index in [1.54, 1.807) is 0 Å². The number of anilines is 1. The first-order valence-corrected chi connectivity index (χ1v) is 9.05. The number of aromatic nitrogens is 2. The number of nitrogens with zero attached hydrogens (tertiary/aromatic N) is 2. The molecular weight excluding hydrogens is 338 g/mol. The maximum Gasteiger partial charge on any atom is 0.237 e. The molecule has 0 saturated heterocycles. The molecule has 136 valence electrons. The highest BCUT2D eigenvalue weighted by atomic mass is 16.5. The van der Waals surface area contributed by atoms with E-state index in [-0.39, 0.29) is 6.10 Å². The van der Waals surface area contributed by atoms with Gasteiger partial charge in [0.05, 0.1) is 23.9 Å². The molecule has 1 aliphatic rings. The number of hydrogen-bond donors (Lipinski definition) is 3. The zero-order chi connectivity index (χ0) is 18.5. The molecule has 27 heavy (non-hydrogen) atoms. The zero-order valence-corrected chi connectivity index (χ0v) is 14.9.